The van der Waals surface area contributed by atoms with Gasteiger partial charge in [0.15, 0.2) is 23.1 Å². The largest absolute Gasteiger partial charge is 0.507 e. The molecule has 0 aromatic heterocycles. The lowest BCUT2D eigenvalue weighted by Crippen LogP contribution is -2.55. The van der Waals surface area contributed by atoms with Gasteiger partial charge in [0.1, 0.15) is 17.5 Å². The first kappa shape index (κ1) is 20.1. The van der Waals surface area contributed by atoms with Crippen LogP contribution in [0.5, 0.6) is 5.75 Å². The predicted molar refractivity (Wildman–Crippen MR) is 103 cm³/mol. The van der Waals surface area contributed by atoms with E-state index in [4.69, 9.17) is 0 Å². The molecule has 0 saturated heterocycles. The normalized spacial score (nSPS) is 30.3. The quantitative estimate of drug-likeness (QED) is 0.553. The molecule has 1 aromatic carbocycles. The smallest absolute Gasteiger partial charge is 0.221 e. The van der Waals surface area contributed by atoms with E-state index in [2.05, 4.69) is 5.32 Å². The third kappa shape index (κ3) is 2.89. The zero-order valence-electron chi connectivity index (χ0n) is 16.6. The average molecular weight is 411 g/mol. The van der Waals surface area contributed by atoms with Crippen LogP contribution in [-0.4, -0.2) is 39.9 Å². The van der Waals surface area contributed by atoms with E-state index in [0.29, 0.717) is 17.7 Å². The molecule has 4 rings (SSSR count). The molecule has 5 atom stereocenters. The highest BCUT2D eigenvalue weighted by atomic mass is 16.3. The Bertz CT molecular complexity index is 1040. The Morgan fingerprint density at radius 3 is 2.27 bits per heavy atom. The summed E-state index contributed by atoms with van der Waals surface area (Å²) in [5.74, 6) is -8.22. The third-order valence-electron chi connectivity index (χ3n) is 6.54. The number of nitrogens with one attached hydrogen (secondary N) is 1. The van der Waals surface area contributed by atoms with E-state index in [0.717, 1.165) is 6.92 Å². The number of fused-ring (bicyclic) bond motifs is 3. The molecule has 3 aliphatic carbocycles. The number of benzene rings is 1. The van der Waals surface area contributed by atoms with Crippen LogP contribution in [0.4, 0.5) is 5.69 Å². The second kappa shape index (κ2) is 6.97. The Balaban J connectivity index is 1.76. The fourth-order valence-electron chi connectivity index (χ4n) is 5.43. The van der Waals surface area contributed by atoms with Gasteiger partial charge in [-0.25, -0.2) is 0 Å². The van der Waals surface area contributed by atoms with E-state index in [9.17, 15) is 33.9 Å². The van der Waals surface area contributed by atoms with Gasteiger partial charge < -0.3 is 10.4 Å². The van der Waals surface area contributed by atoms with Gasteiger partial charge >= 0.3 is 0 Å². The number of phenols is 1. The van der Waals surface area contributed by atoms with Gasteiger partial charge in [-0.15, -0.1) is 0 Å². The molecule has 0 spiro atoms. The number of carbonyl (C=O) groups excluding carboxylic acids is 6. The van der Waals surface area contributed by atoms with E-state index in [1.165, 1.54) is 19.1 Å². The fraction of sp³-hybridized carbons (Fsp3) is 0.455. The first-order valence-corrected chi connectivity index (χ1v) is 9.89. The number of hydrogen-bond acceptors (Lipinski definition) is 7. The maximum atomic E-state index is 13.3. The molecule has 5 unspecified atom stereocenters. The molecule has 0 bridgehead atoms. The van der Waals surface area contributed by atoms with Crippen LogP contribution in [0.2, 0.25) is 0 Å². The number of phenolic OH excluding ortho intramolecular Hbond substituents is 1. The first-order chi connectivity index (χ1) is 14.1. The number of aromatic hydroxyl groups is 1. The minimum absolute atomic E-state index is 0.0169. The molecule has 0 heterocycles. The Hall–Kier alpha value is -3.16. The van der Waals surface area contributed by atoms with Crippen LogP contribution in [0, 0.1) is 29.6 Å². The van der Waals surface area contributed by atoms with Gasteiger partial charge in [0.05, 0.1) is 17.4 Å². The van der Waals surface area contributed by atoms with Crippen LogP contribution < -0.4 is 5.32 Å². The second-order valence-corrected chi connectivity index (χ2v) is 8.47. The van der Waals surface area contributed by atoms with Crippen molar-refractivity contribution in [2.75, 3.05) is 5.32 Å². The summed E-state index contributed by atoms with van der Waals surface area (Å²) in [7, 11) is 0. The molecule has 2 N–H and O–H groups in total. The number of anilines is 1. The van der Waals surface area contributed by atoms with E-state index < -0.39 is 58.5 Å². The summed E-state index contributed by atoms with van der Waals surface area (Å²) >= 11 is 0. The molecule has 1 amide bonds. The van der Waals surface area contributed by atoms with Gasteiger partial charge in [-0.3, -0.25) is 28.8 Å². The van der Waals surface area contributed by atoms with Crippen molar-refractivity contribution in [3.8, 4) is 5.75 Å². The van der Waals surface area contributed by atoms with Gasteiger partial charge in [-0.1, -0.05) is 0 Å². The highest BCUT2D eigenvalue weighted by molar-refractivity contribution is 6.28. The van der Waals surface area contributed by atoms with E-state index >= 15 is 0 Å². The lowest BCUT2D eigenvalue weighted by Gasteiger charge is -2.44. The molecule has 0 aliphatic heterocycles. The summed E-state index contributed by atoms with van der Waals surface area (Å²) in [5, 5.41) is 12.9. The second-order valence-electron chi connectivity index (χ2n) is 8.47. The predicted octanol–water partition coefficient (Wildman–Crippen LogP) is 1.27. The topological polar surface area (TPSA) is 135 Å². The van der Waals surface area contributed by atoms with Crippen molar-refractivity contribution in [1.29, 1.82) is 0 Å². The monoisotopic (exact) mass is 411 g/mol. The first-order valence-electron chi connectivity index (χ1n) is 9.89. The van der Waals surface area contributed by atoms with Crippen molar-refractivity contribution >= 4 is 40.5 Å². The van der Waals surface area contributed by atoms with Gasteiger partial charge in [-0.05, 0) is 49.3 Å². The number of carbonyl (C=O) groups is 6. The molecule has 30 heavy (non-hydrogen) atoms. The molecule has 2 saturated carbocycles. The molecular weight excluding hydrogens is 390 g/mol. The molecular formula is C22H21NO7. The van der Waals surface area contributed by atoms with Crippen molar-refractivity contribution in [1.82, 2.24) is 0 Å². The summed E-state index contributed by atoms with van der Waals surface area (Å²) < 4.78 is 0. The summed E-state index contributed by atoms with van der Waals surface area (Å²) in [4.78, 5) is 75.0. The van der Waals surface area contributed by atoms with Crippen molar-refractivity contribution in [2.24, 2.45) is 29.6 Å². The van der Waals surface area contributed by atoms with Crippen LogP contribution in [0.25, 0.3) is 0 Å². The van der Waals surface area contributed by atoms with Gasteiger partial charge in [0.25, 0.3) is 0 Å². The van der Waals surface area contributed by atoms with E-state index in [1.807, 2.05) is 0 Å². The Morgan fingerprint density at radius 1 is 0.967 bits per heavy atom. The molecule has 1 aromatic rings. The summed E-state index contributed by atoms with van der Waals surface area (Å²) in [6.07, 6.45) is 0.516. The maximum absolute atomic E-state index is 13.3. The Morgan fingerprint density at radius 2 is 1.63 bits per heavy atom. The minimum Gasteiger partial charge on any atom is -0.507 e. The van der Waals surface area contributed by atoms with E-state index in [-0.39, 0.29) is 30.1 Å². The molecule has 8 nitrogen and oxygen atoms in total. The van der Waals surface area contributed by atoms with Crippen LogP contribution >= 0.6 is 0 Å². The number of Topliss-reactive ketones (excluding diaryl/α,β-unsaturated/α-hetero) is 5. The standard InChI is InChI=1S/C22H21NO7/c1-8(24)16-15(27)7-11-5-10-6-12-13(23-9(2)25)3-4-14(26)19(12)22(30)17(10)21(29)18(11)20(16)28/h3-4,10-11,16-18,26H,5-7H2,1-2H3,(H,23,25). The number of rotatable bonds is 2. The zero-order chi connectivity index (χ0) is 21.9. The lowest BCUT2D eigenvalue weighted by atomic mass is 9.56. The molecule has 0 radical (unpaired) electrons. The van der Waals surface area contributed by atoms with Crippen molar-refractivity contribution < 1.29 is 33.9 Å². The van der Waals surface area contributed by atoms with Crippen LogP contribution in [-0.2, 0) is 30.4 Å². The average Bonchev–Trinajstić information content (AvgIpc) is 2.62. The van der Waals surface area contributed by atoms with Gasteiger partial charge in [0, 0.05) is 19.0 Å². The number of ketones is 5. The summed E-state index contributed by atoms with van der Waals surface area (Å²) in [5.41, 5.74) is 0.832. The highest BCUT2D eigenvalue weighted by Gasteiger charge is 2.57. The van der Waals surface area contributed by atoms with Gasteiger partial charge in [-0.2, -0.15) is 0 Å². The lowest BCUT2D eigenvalue weighted by molar-refractivity contribution is -0.152. The van der Waals surface area contributed by atoms with E-state index in [1.54, 1.807) is 0 Å². The zero-order valence-corrected chi connectivity index (χ0v) is 16.6. The third-order valence-corrected chi connectivity index (χ3v) is 6.54. The van der Waals surface area contributed by atoms with Crippen molar-refractivity contribution in [2.45, 2.75) is 33.1 Å². The SMILES string of the molecule is CC(=O)Nc1ccc(O)c2c1CC1CC3CC(=O)C(C(C)=O)C(=O)C3C(=O)C1C2=O. The molecule has 156 valence electrons. The Kier molecular flexibility index (Phi) is 4.67. The molecule has 2 fully saturated rings. The van der Waals surface area contributed by atoms with Crippen molar-refractivity contribution in [3.05, 3.63) is 23.3 Å². The summed E-state index contributed by atoms with van der Waals surface area (Å²) in [6, 6.07) is 2.79. The Labute approximate surface area is 172 Å². The van der Waals surface area contributed by atoms with Crippen LogP contribution in [0.3, 0.4) is 0 Å². The molecule has 3 aliphatic rings. The fourth-order valence-corrected chi connectivity index (χ4v) is 5.43. The number of hydrogen-bond donors (Lipinski definition) is 2. The van der Waals surface area contributed by atoms with Crippen LogP contribution in [0.15, 0.2) is 12.1 Å². The summed E-state index contributed by atoms with van der Waals surface area (Å²) in [6.45, 7) is 2.48. The minimum atomic E-state index is -1.43. The maximum Gasteiger partial charge on any atom is 0.221 e. The highest BCUT2D eigenvalue weighted by Crippen LogP contribution is 2.49. The molecule has 8 heteroatoms. The van der Waals surface area contributed by atoms with Crippen LogP contribution in [0.1, 0.15) is 42.6 Å². The van der Waals surface area contributed by atoms with Crippen molar-refractivity contribution in [3.63, 3.8) is 0 Å². The number of amides is 1. The van der Waals surface area contributed by atoms with Gasteiger partial charge in [0.2, 0.25) is 5.91 Å².